The van der Waals surface area contributed by atoms with E-state index in [-0.39, 0.29) is 0 Å². The van der Waals surface area contributed by atoms with Gasteiger partial charge in [0, 0.05) is 41.0 Å². The molecule has 1 amide bonds. The molecular formula is C28H30N4O. The number of aromatic amines is 1. The molecule has 2 aromatic heterocycles. The number of benzene rings is 2. The molecule has 33 heavy (non-hydrogen) atoms. The first-order valence-electron chi connectivity index (χ1n) is 11.6. The summed E-state index contributed by atoms with van der Waals surface area (Å²) in [5.41, 5.74) is 14.8. The molecule has 1 fully saturated rings. The maximum absolute atomic E-state index is 11.7. The van der Waals surface area contributed by atoms with Gasteiger partial charge in [0.2, 0.25) is 5.91 Å². The molecule has 1 saturated heterocycles. The van der Waals surface area contributed by atoms with Crippen molar-refractivity contribution < 1.29 is 4.79 Å². The molecule has 5 nitrogen and oxygen atoms in total. The van der Waals surface area contributed by atoms with Crippen LogP contribution in [0.5, 0.6) is 0 Å². The van der Waals surface area contributed by atoms with Gasteiger partial charge in [0.1, 0.15) is 5.65 Å². The number of likely N-dealkylation sites (tertiary alicyclic amines) is 1. The summed E-state index contributed by atoms with van der Waals surface area (Å²) < 4.78 is 0. The number of H-pyrrole nitrogens is 1. The van der Waals surface area contributed by atoms with Crippen LogP contribution in [0.3, 0.4) is 0 Å². The Morgan fingerprint density at radius 2 is 1.85 bits per heavy atom. The highest BCUT2D eigenvalue weighted by molar-refractivity contribution is 5.99. The van der Waals surface area contributed by atoms with E-state index in [2.05, 4.69) is 52.2 Å². The van der Waals surface area contributed by atoms with Crippen LogP contribution in [0.25, 0.3) is 33.3 Å². The Morgan fingerprint density at radius 1 is 1.06 bits per heavy atom. The van der Waals surface area contributed by atoms with Crippen LogP contribution < -0.4 is 5.73 Å². The molecule has 1 aliphatic heterocycles. The summed E-state index contributed by atoms with van der Waals surface area (Å²) in [5.74, 6) is 0.220. The van der Waals surface area contributed by atoms with Crippen LogP contribution >= 0.6 is 0 Å². The van der Waals surface area contributed by atoms with E-state index in [1.54, 1.807) is 0 Å². The number of primary amides is 1. The second-order valence-corrected chi connectivity index (χ2v) is 9.32. The summed E-state index contributed by atoms with van der Waals surface area (Å²) in [7, 11) is 2.21. The number of pyridine rings is 1. The summed E-state index contributed by atoms with van der Waals surface area (Å²) in [6.45, 7) is 6.31. The number of nitrogens with two attached hydrogens (primary N) is 1. The maximum atomic E-state index is 11.7. The second-order valence-electron chi connectivity index (χ2n) is 9.32. The van der Waals surface area contributed by atoms with Gasteiger partial charge < -0.3 is 15.6 Å². The predicted molar refractivity (Wildman–Crippen MR) is 134 cm³/mol. The zero-order valence-corrected chi connectivity index (χ0v) is 19.5. The van der Waals surface area contributed by atoms with E-state index in [0.29, 0.717) is 11.5 Å². The lowest BCUT2D eigenvalue weighted by molar-refractivity contribution is 0.0999. The molecule has 5 rings (SSSR count). The number of carbonyl (C=O) groups is 1. The lowest BCUT2D eigenvalue weighted by Crippen LogP contribution is -2.30. The van der Waals surface area contributed by atoms with Crippen molar-refractivity contribution in [1.82, 2.24) is 14.9 Å². The zero-order chi connectivity index (χ0) is 23.1. The third kappa shape index (κ3) is 3.93. The summed E-state index contributed by atoms with van der Waals surface area (Å²) in [6.07, 6.45) is 6.45. The van der Waals surface area contributed by atoms with Crippen LogP contribution in [0.1, 0.15) is 45.8 Å². The molecule has 0 bridgehead atoms. The molecule has 3 heterocycles. The van der Waals surface area contributed by atoms with Gasteiger partial charge in [0.25, 0.3) is 0 Å². The van der Waals surface area contributed by atoms with Crippen LogP contribution in [-0.4, -0.2) is 40.9 Å². The SMILES string of the molecule is Cc1c(C(N)=O)ccc(-c2c[nH]c3ncc(-c4ccc(C5CCCN(C)C5)cc4)cc23)c1C. The molecule has 0 radical (unpaired) electrons. The van der Waals surface area contributed by atoms with E-state index >= 15 is 0 Å². The molecule has 4 aromatic rings. The highest BCUT2D eigenvalue weighted by atomic mass is 16.1. The molecule has 168 valence electrons. The molecule has 5 heteroatoms. The van der Waals surface area contributed by atoms with Gasteiger partial charge in [0.05, 0.1) is 0 Å². The Labute approximate surface area is 194 Å². The molecule has 1 aliphatic rings. The van der Waals surface area contributed by atoms with E-state index < -0.39 is 5.91 Å². The van der Waals surface area contributed by atoms with E-state index in [4.69, 9.17) is 5.73 Å². The fraction of sp³-hybridized carbons (Fsp3) is 0.286. The predicted octanol–water partition coefficient (Wildman–Crippen LogP) is 5.42. The van der Waals surface area contributed by atoms with E-state index in [1.807, 2.05) is 38.4 Å². The first-order valence-corrected chi connectivity index (χ1v) is 11.6. The molecular weight excluding hydrogens is 408 g/mol. The van der Waals surface area contributed by atoms with Gasteiger partial charge in [-0.3, -0.25) is 4.79 Å². The summed E-state index contributed by atoms with van der Waals surface area (Å²) in [4.78, 5) is 22.1. The van der Waals surface area contributed by atoms with Crippen molar-refractivity contribution in [1.29, 1.82) is 0 Å². The zero-order valence-electron chi connectivity index (χ0n) is 19.5. The van der Waals surface area contributed by atoms with Crippen molar-refractivity contribution in [3.05, 3.63) is 77.1 Å². The van der Waals surface area contributed by atoms with Crippen LogP contribution in [0.4, 0.5) is 0 Å². The van der Waals surface area contributed by atoms with Crippen molar-refractivity contribution in [2.75, 3.05) is 20.1 Å². The van der Waals surface area contributed by atoms with Crippen LogP contribution in [-0.2, 0) is 0 Å². The molecule has 3 N–H and O–H groups in total. The first kappa shape index (κ1) is 21.4. The fourth-order valence-electron chi connectivity index (χ4n) is 5.15. The van der Waals surface area contributed by atoms with Gasteiger partial charge in [-0.1, -0.05) is 30.3 Å². The number of fused-ring (bicyclic) bond motifs is 1. The maximum Gasteiger partial charge on any atom is 0.248 e. The second kappa shape index (κ2) is 8.49. The molecule has 1 unspecified atom stereocenters. The monoisotopic (exact) mass is 438 g/mol. The van der Waals surface area contributed by atoms with Crippen molar-refractivity contribution in [2.45, 2.75) is 32.6 Å². The summed E-state index contributed by atoms with van der Waals surface area (Å²) in [6, 6.07) is 15.0. The van der Waals surface area contributed by atoms with Crippen molar-refractivity contribution >= 4 is 16.9 Å². The van der Waals surface area contributed by atoms with Crippen molar-refractivity contribution in [2.24, 2.45) is 5.73 Å². The number of carbonyl (C=O) groups excluding carboxylic acids is 1. The molecule has 0 saturated carbocycles. The Bertz CT molecular complexity index is 1340. The minimum atomic E-state index is -0.395. The van der Waals surface area contributed by atoms with E-state index in [9.17, 15) is 4.79 Å². The van der Waals surface area contributed by atoms with Crippen LogP contribution in [0, 0.1) is 13.8 Å². The lowest BCUT2D eigenvalue weighted by atomic mass is 9.89. The number of amides is 1. The number of nitrogens with zero attached hydrogens (tertiary/aromatic N) is 2. The van der Waals surface area contributed by atoms with Crippen molar-refractivity contribution in [3.63, 3.8) is 0 Å². The number of hydrogen-bond donors (Lipinski definition) is 2. The number of likely N-dealkylation sites (N-methyl/N-ethyl adjacent to an activating group) is 1. The minimum Gasteiger partial charge on any atom is -0.366 e. The minimum absolute atomic E-state index is 0.395. The van der Waals surface area contributed by atoms with Gasteiger partial charge in [-0.25, -0.2) is 4.98 Å². The fourth-order valence-corrected chi connectivity index (χ4v) is 5.15. The number of hydrogen-bond acceptors (Lipinski definition) is 3. The Hall–Kier alpha value is -3.44. The van der Waals surface area contributed by atoms with Crippen LogP contribution in [0.15, 0.2) is 54.9 Å². The summed E-state index contributed by atoms with van der Waals surface area (Å²) in [5, 5.41) is 1.07. The van der Waals surface area contributed by atoms with E-state index in [0.717, 1.165) is 45.4 Å². The third-order valence-corrected chi connectivity index (χ3v) is 7.21. The number of aromatic nitrogens is 2. The van der Waals surface area contributed by atoms with E-state index in [1.165, 1.54) is 30.5 Å². The average Bonchev–Trinajstić information content (AvgIpc) is 3.24. The third-order valence-electron chi connectivity index (χ3n) is 7.21. The standard InChI is InChI=1S/C28H30N4O/c1-17-18(2)24(27(29)33)11-10-23(17)26-15-31-28-25(26)13-22(14-30-28)20-8-6-19(7-9-20)21-5-4-12-32(3)16-21/h6-11,13-15,21H,4-5,12,16H2,1-3H3,(H2,29,33)(H,30,31). The number of nitrogens with one attached hydrogen (secondary N) is 1. The average molecular weight is 439 g/mol. The Morgan fingerprint density at radius 3 is 2.58 bits per heavy atom. The summed E-state index contributed by atoms with van der Waals surface area (Å²) >= 11 is 0. The molecule has 0 spiro atoms. The van der Waals surface area contributed by atoms with Gasteiger partial charge in [-0.05, 0) is 86.1 Å². The van der Waals surface area contributed by atoms with Crippen LogP contribution in [0.2, 0.25) is 0 Å². The van der Waals surface area contributed by atoms with Gasteiger partial charge in [-0.2, -0.15) is 0 Å². The first-order chi connectivity index (χ1) is 15.9. The topological polar surface area (TPSA) is 75.0 Å². The highest BCUT2D eigenvalue weighted by Gasteiger charge is 2.19. The quantitative estimate of drug-likeness (QED) is 0.447. The Kier molecular flexibility index (Phi) is 5.51. The Balaban J connectivity index is 1.50. The van der Waals surface area contributed by atoms with Crippen molar-refractivity contribution in [3.8, 4) is 22.3 Å². The lowest BCUT2D eigenvalue weighted by Gasteiger charge is -2.30. The normalized spacial score (nSPS) is 16.9. The molecule has 1 atom stereocenters. The van der Waals surface area contributed by atoms with Gasteiger partial charge in [0.15, 0.2) is 0 Å². The molecule has 0 aliphatic carbocycles. The van der Waals surface area contributed by atoms with Gasteiger partial charge >= 0.3 is 0 Å². The highest BCUT2D eigenvalue weighted by Crippen LogP contribution is 2.35. The number of piperidine rings is 1. The smallest absolute Gasteiger partial charge is 0.248 e. The largest absolute Gasteiger partial charge is 0.366 e. The number of rotatable bonds is 4. The molecule has 2 aromatic carbocycles. The van der Waals surface area contributed by atoms with Gasteiger partial charge in [-0.15, -0.1) is 0 Å².